The summed E-state index contributed by atoms with van der Waals surface area (Å²) >= 11 is 1.76. The molecule has 2 rings (SSSR count). The summed E-state index contributed by atoms with van der Waals surface area (Å²) in [6, 6.07) is 18.3. The average Bonchev–Trinajstić information content (AvgIpc) is 2.33. The fourth-order valence-electron chi connectivity index (χ4n) is 1.43. The molecule has 0 amide bonds. The van der Waals surface area contributed by atoms with Gasteiger partial charge in [-0.25, -0.2) is 0 Å². The molecule has 0 atom stereocenters. The van der Waals surface area contributed by atoms with E-state index in [1.165, 1.54) is 5.56 Å². The van der Waals surface area contributed by atoms with Crippen molar-refractivity contribution in [1.82, 2.24) is 0 Å². The Morgan fingerprint density at radius 3 is 2.38 bits per heavy atom. The number of hydrogen-bond acceptors (Lipinski definition) is 2. The highest BCUT2D eigenvalue weighted by molar-refractivity contribution is 7.99. The van der Waals surface area contributed by atoms with Crippen LogP contribution in [0.3, 0.4) is 0 Å². The summed E-state index contributed by atoms with van der Waals surface area (Å²) in [5.74, 6) is 0.943. The first-order valence-electron chi connectivity index (χ1n) is 5.22. The largest absolute Gasteiger partial charge is 0.398 e. The zero-order valence-corrected chi connectivity index (χ0v) is 9.78. The van der Waals surface area contributed by atoms with Crippen LogP contribution in [0.25, 0.3) is 0 Å². The molecule has 81 valence electrons. The van der Waals surface area contributed by atoms with E-state index in [0.717, 1.165) is 16.3 Å². The van der Waals surface area contributed by atoms with Crippen molar-refractivity contribution in [3.63, 3.8) is 0 Å². The summed E-state index contributed by atoms with van der Waals surface area (Å²) in [6.07, 6.45) is 2.21. The summed E-state index contributed by atoms with van der Waals surface area (Å²) in [5, 5.41) is 0. The van der Waals surface area contributed by atoms with Crippen molar-refractivity contribution in [2.24, 2.45) is 0 Å². The first-order valence-corrected chi connectivity index (χ1v) is 6.20. The van der Waals surface area contributed by atoms with Gasteiger partial charge in [0.25, 0.3) is 0 Å². The lowest BCUT2D eigenvalue weighted by Gasteiger charge is -2.04. The van der Waals surface area contributed by atoms with Crippen LogP contribution in [0.5, 0.6) is 0 Å². The quantitative estimate of drug-likeness (QED) is 0.639. The molecule has 0 saturated carbocycles. The van der Waals surface area contributed by atoms with E-state index < -0.39 is 0 Å². The molecule has 0 bridgehead atoms. The minimum Gasteiger partial charge on any atom is -0.398 e. The average molecular weight is 228 g/mol. The lowest BCUT2D eigenvalue weighted by molar-refractivity contribution is 1.41. The molecule has 2 heteroatoms. The van der Waals surface area contributed by atoms with Crippen LogP contribution in [0.15, 0.2) is 59.5 Å². The van der Waals surface area contributed by atoms with Crippen LogP contribution in [0, 0.1) is 6.42 Å². The topological polar surface area (TPSA) is 26.0 Å². The highest BCUT2D eigenvalue weighted by Gasteiger charge is 1.98. The Bertz CT molecular complexity index is 439. The number of para-hydroxylation sites is 1. The minimum absolute atomic E-state index is 0.856. The number of hydrogen-bond donors (Lipinski definition) is 1. The maximum Gasteiger partial charge on any atom is 0.0452 e. The molecule has 1 radical (unpaired) electrons. The van der Waals surface area contributed by atoms with Crippen LogP contribution < -0.4 is 5.73 Å². The van der Waals surface area contributed by atoms with Crippen molar-refractivity contribution in [1.29, 1.82) is 0 Å². The molecular formula is C14H14NS. The lowest BCUT2D eigenvalue weighted by Crippen LogP contribution is -1.89. The van der Waals surface area contributed by atoms with Gasteiger partial charge < -0.3 is 5.73 Å². The molecule has 0 aromatic heterocycles. The van der Waals surface area contributed by atoms with Gasteiger partial charge in [-0.1, -0.05) is 42.5 Å². The Balaban J connectivity index is 1.87. The molecule has 0 aliphatic carbocycles. The van der Waals surface area contributed by atoms with Crippen molar-refractivity contribution in [3.05, 3.63) is 66.6 Å². The predicted molar refractivity (Wildman–Crippen MR) is 71.4 cm³/mol. The summed E-state index contributed by atoms with van der Waals surface area (Å²) in [4.78, 5) is 1.15. The maximum absolute atomic E-state index is 5.87. The molecule has 0 aliphatic rings. The Hall–Kier alpha value is -1.41. The Labute approximate surface area is 101 Å². The number of thioether (sulfide) groups is 1. The Morgan fingerprint density at radius 1 is 0.938 bits per heavy atom. The SMILES string of the molecule is Nc1ccccc1SC[CH]c1ccccc1. The van der Waals surface area contributed by atoms with Gasteiger partial charge in [-0.2, -0.15) is 0 Å². The van der Waals surface area contributed by atoms with E-state index in [1.54, 1.807) is 11.8 Å². The molecule has 0 saturated heterocycles. The molecule has 0 unspecified atom stereocenters. The smallest absolute Gasteiger partial charge is 0.0452 e. The first-order chi connectivity index (χ1) is 7.86. The lowest BCUT2D eigenvalue weighted by atomic mass is 10.2. The van der Waals surface area contributed by atoms with Gasteiger partial charge in [-0.3, -0.25) is 0 Å². The molecule has 16 heavy (non-hydrogen) atoms. The van der Waals surface area contributed by atoms with Gasteiger partial charge >= 0.3 is 0 Å². The third-order valence-corrected chi connectivity index (χ3v) is 3.29. The Morgan fingerprint density at radius 2 is 1.62 bits per heavy atom. The molecule has 1 nitrogen and oxygen atoms in total. The predicted octanol–water partition coefficient (Wildman–Crippen LogP) is 3.61. The number of nitrogen functional groups attached to an aromatic ring is 1. The number of nitrogens with two attached hydrogens (primary N) is 1. The van der Waals surface area contributed by atoms with E-state index in [-0.39, 0.29) is 0 Å². The maximum atomic E-state index is 5.87. The monoisotopic (exact) mass is 228 g/mol. The number of anilines is 1. The van der Waals surface area contributed by atoms with Gasteiger partial charge in [0, 0.05) is 22.8 Å². The van der Waals surface area contributed by atoms with Crippen molar-refractivity contribution >= 4 is 17.4 Å². The third-order valence-electron chi connectivity index (χ3n) is 2.28. The van der Waals surface area contributed by atoms with Gasteiger partial charge in [-0.15, -0.1) is 11.8 Å². The highest BCUT2D eigenvalue weighted by atomic mass is 32.2. The summed E-state index contributed by atoms with van der Waals surface area (Å²) in [6.45, 7) is 0. The molecule has 2 aromatic carbocycles. The molecule has 2 aromatic rings. The molecule has 0 spiro atoms. The van der Waals surface area contributed by atoms with Gasteiger partial charge in [-0.05, 0) is 17.7 Å². The van der Waals surface area contributed by atoms with Crippen molar-refractivity contribution in [3.8, 4) is 0 Å². The molecule has 0 heterocycles. The van der Waals surface area contributed by atoms with E-state index in [4.69, 9.17) is 5.73 Å². The van der Waals surface area contributed by atoms with Crippen LogP contribution in [0.1, 0.15) is 5.56 Å². The highest BCUT2D eigenvalue weighted by Crippen LogP contribution is 2.25. The summed E-state index contributed by atoms with van der Waals surface area (Å²) in [5.41, 5.74) is 7.97. The van der Waals surface area contributed by atoms with Gasteiger partial charge in [0.1, 0.15) is 0 Å². The van der Waals surface area contributed by atoms with Crippen molar-refractivity contribution in [2.45, 2.75) is 4.90 Å². The van der Waals surface area contributed by atoms with E-state index in [9.17, 15) is 0 Å². The van der Waals surface area contributed by atoms with Crippen LogP contribution in [0.4, 0.5) is 5.69 Å². The molecule has 2 N–H and O–H groups in total. The zero-order chi connectivity index (χ0) is 11.2. The van der Waals surface area contributed by atoms with E-state index >= 15 is 0 Å². The second-order valence-electron chi connectivity index (χ2n) is 3.46. The fourth-order valence-corrected chi connectivity index (χ4v) is 2.29. The second kappa shape index (κ2) is 5.61. The number of benzene rings is 2. The van der Waals surface area contributed by atoms with E-state index in [1.807, 2.05) is 36.4 Å². The minimum atomic E-state index is 0.856. The van der Waals surface area contributed by atoms with Gasteiger partial charge in [0.2, 0.25) is 0 Å². The van der Waals surface area contributed by atoms with Gasteiger partial charge in [0.15, 0.2) is 0 Å². The normalized spacial score (nSPS) is 10.2. The molecule has 0 fully saturated rings. The molecule has 0 aliphatic heterocycles. The van der Waals surface area contributed by atoms with Crippen LogP contribution in [-0.4, -0.2) is 5.75 Å². The molecular weight excluding hydrogens is 214 g/mol. The standard InChI is InChI=1S/C14H14NS/c15-13-8-4-5-9-14(13)16-11-10-12-6-2-1-3-7-12/h1-10H,11,15H2. The summed E-state index contributed by atoms with van der Waals surface area (Å²) < 4.78 is 0. The van der Waals surface area contributed by atoms with Crippen molar-refractivity contribution in [2.75, 3.05) is 11.5 Å². The van der Waals surface area contributed by atoms with E-state index in [2.05, 4.69) is 24.6 Å². The van der Waals surface area contributed by atoms with Crippen LogP contribution in [0.2, 0.25) is 0 Å². The van der Waals surface area contributed by atoms with E-state index in [0.29, 0.717) is 0 Å². The van der Waals surface area contributed by atoms with Crippen molar-refractivity contribution < 1.29 is 0 Å². The van der Waals surface area contributed by atoms with Crippen LogP contribution in [-0.2, 0) is 0 Å². The number of rotatable bonds is 4. The zero-order valence-electron chi connectivity index (χ0n) is 8.97. The van der Waals surface area contributed by atoms with Crippen LogP contribution >= 0.6 is 11.8 Å². The second-order valence-corrected chi connectivity index (χ2v) is 4.53. The summed E-state index contributed by atoms with van der Waals surface area (Å²) in [7, 11) is 0. The fraction of sp³-hybridized carbons (Fsp3) is 0.0714. The first kappa shape index (κ1) is 11.1. The third kappa shape index (κ3) is 3.04. The Kier molecular flexibility index (Phi) is 3.89. The van der Waals surface area contributed by atoms with Gasteiger partial charge in [0.05, 0.1) is 0 Å².